The second-order valence-corrected chi connectivity index (χ2v) is 7.76. The number of benzene rings is 2. The fourth-order valence-corrected chi connectivity index (χ4v) is 4.16. The third-order valence-corrected chi connectivity index (χ3v) is 5.62. The largest absolute Gasteiger partial charge is 0.282 e. The van der Waals surface area contributed by atoms with Gasteiger partial charge in [-0.2, -0.15) is 0 Å². The summed E-state index contributed by atoms with van der Waals surface area (Å²) in [5.74, 6) is 0.0604. The third-order valence-electron chi connectivity index (χ3n) is 4.58. The molecular weight excluding hydrogens is 366 g/mol. The normalized spacial score (nSPS) is 10.9. The highest BCUT2D eigenvalue weighted by molar-refractivity contribution is 7.22. The Morgan fingerprint density at radius 3 is 2.64 bits per heavy atom. The lowest BCUT2D eigenvalue weighted by atomic mass is 10.1. The molecule has 0 saturated carbocycles. The Labute approximate surface area is 168 Å². The minimum absolute atomic E-state index is 0.0604. The van der Waals surface area contributed by atoms with Crippen molar-refractivity contribution >= 4 is 32.6 Å². The number of aryl methyl sites for hydroxylation is 2. The lowest BCUT2D eigenvalue weighted by molar-refractivity contribution is -0.118. The number of thiazole rings is 1. The highest BCUT2D eigenvalue weighted by atomic mass is 32.1. The third kappa shape index (κ3) is 4.26. The predicted molar refractivity (Wildman–Crippen MR) is 115 cm³/mol. The molecule has 0 unspecified atom stereocenters. The molecular formula is C23H21N3OS. The van der Waals surface area contributed by atoms with E-state index in [9.17, 15) is 4.79 Å². The van der Waals surface area contributed by atoms with Crippen LogP contribution in [0.5, 0.6) is 0 Å². The number of fused-ring (bicyclic) bond motifs is 1. The van der Waals surface area contributed by atoms with Crippen molar-refractivity contribution in [3.8, 4) is 0 Å². The molecule has 2 aromatic carbocycles. The zero-order chi connectivity index (χ0) is 19.3. The Bertz CT molecular complexity index is 1080. The summed E-state index contributed by atoms with van der Waals surface area (Å²) in [5, 5.41) is 0.726. The van der Waals surface area contributed by atoms with Gasteiger partial charge in [-0.1, -0.05) is 53.8 Å². The number of carbonyl (C=O) groups excluding carboxylic acids is 1. The monoisotopic (exact) mass is 387 g/mol. The van der Waals surface area contributed by atoms with Crippen LogP contribution < -0.4 is 4.90 Å². The molecule has 0 fully saturated rings. The molecule has 0 aliphatic carbocycles. The van der Waals surface area contributed by atoms with Gasteiger partial charge in [0, 0.05) is 12.6 Å². The average molecular weight is 388 g/mol. The molecule has 140 valence electrons. The van der Waals surface area contributed by atoms with E-state index < -0.39 is 0 Å². The number of hydrogen-bond donors (Lipinski definition) is 0. The van der Waals surface area contributed by atoms with E-state index >= 15 is 0 Å². The molecule has 0 atom stereocenters. The number of carbonyl (C=O) groups is 1. The standard InChI is InChI=1S/C23H21N3OS/c1-17-10-12-20-21(15-17)28-23(25-20)26(16-19-9-5-6-14-24-19)22(27)13-11-18-7-3-2-4-8-18/h2-10,12,14-15H,11,13,16H2,1H3. The van der Waals surface area contributed by atoms with Crippen LogP contribution in [0, 0.1) is 6.92 Å². The molecule has 0 bridgehead atoms. The van der Waals surface area contributed by atoms with Crippen LogP contribution in [0.4, 0.5) is 5.13 Å². The van der Waals surface area contributed by atoms with Crippen molar-refractivity contribution in [2.24, 2.45) is 0 Å². The van der Waals surface area contributed by atoms with Gasteiger partial charge in [-0.05, 0) is 48.7 Å². The predicted octanol–water partition coefficient (Wildman–Crippen LogP) is 5.17. The van der Waals surface area contributed by atoms with Gasteiger partial charge in [-0.3, -0.25) is 14.7 Å². The van der Waals surface area contributed by atoms with E-state index in [-0.39, 0.29) is 5.91 Å². The van der Waals surface area contributed by atoms with Crippen LogP contribution in [0.15, 0.2) is 72.9 Å². The molecule has 0 radical (unpaired) electrons. The van der Waals surface area contributed by atoms with E-state index in [2.05, 4.69) is 30.1 Å². The SMILES string of the molecule is Cc1ccc2nc(N(Cc3ccccn3)C(=O)CCc3ccccc3)sc2c1. The van der Waals surface area contributed by atoms with Crippen LogP contribution >= 0.6 is 11.3 Å². The van der Waals surface area contributed by atoms with Gasteiger partial charge in [0.25, 0.3) is 0 Å². The van der Waals surface area contributed by atoms with E-state index in [1.54, 1.807) is 22.4 Å². The first kappa shape index (κ1) is 18.3. The molecule has 4 rings (SSSR count). The van der Waals surface area contributed by atoms with E-state index in [0.717, 1.165) is 26.6 Å². The van der Waals surface area contributed by atoms with Crippen molar-refractivity contribution in [2.45, 2.75) is 26.3 Å². The smallest absolute Gasteiger partial charge is 0.229 e. The minimum atomic E-state index is 0.0604. The van der Waals surface area contributed by atoms with Crippen LogP contribution in [-0.4, -0.2) is 15.9 Å². The number of nitrogens with zero attached hydrogens (tertiary/aromatic N) is 3. The molecule has 5 heteroatoms. The lowest BCUT2D eigenvalue weighted by Gasteiger charge is -2.19. The van der Waals surface area contributed by atoms with Crippen molar-refractivity contribution in [2.75, 3.05) is 4.90 Å². The zero-order valence-corrected chi connectivity index (χ0v) is 16.5. The van der Waals surface area contributed by atoms with Crippen LogP contribution in [0.2, 0.25) is 0 Å². The highest BCUT2D eigenvalue weighted by Crippen LogP contribution is 2.31. The Morgan fingerprint density at radius 1 is 1.04 bits per heavy atom. The first-order valence-corrected chi connectivity index (χ1v) is 10.1. The molecule has 28 heavy (non-hydrogen) atoms. The second-order valence-electron chi connectivity index (χ2n) is 6.75. The van der Waals surface area contributed by atoms with Gasteiger partial charge in [-0.25, -0.2) is 4.98 Å². The zero-order valence-electron chi connectivity index (χ0n) is 15.7. The van der Waals surface area contributed by atoms with E-state index in [0.29, 0.717) is 19.4 Å². The van der Waals surface area contributed by atoms with Crippen LogP contribution in [0.25, 0.3) is 10.2 Å². The molecule has 1 amide bonds. The lowest BCUT2D eigenvalue weighted by Crippen LogP contribution is -2.30. The molecule has 2 heterocycles. The molecule has 0 spiro atoms. The van der Waals surface area contributed by atoms with Crippen molar-refractivity contribution in [3.05, 3.63) is 89.7 Å². The van der Waals surface area contributed by atoms with Gasteiger partial charge in [0.05, 0.1) is 22.5 Å². The van der Waals surface area contributed by atoms with Gasteiger partial charge in [0.15, 0.2) is 5.13 Å². The summed E-state index contributed by atoms with van der Waals surface area (Å²) in [6, 6.07) is 22.0. The van der Waals surface area contributed by atoms with Crippen LogP contribution in [-0.2, 0) is 17.8 Å². The fourth-order valence-electron chi connectivity index (χ4n) is 3.08. The first-order valence-electron chi connectivity index (χ1n) is 9.30. The quantitative estimate of drug-likeness (QED) is 0.459. The van der Waals surface area contributed by atoms with Gasteiger partial charge in [0.1, 0.15) is 0 Å². The molecule has 0 saturated heterocycles. The van der Waals surface area contributed by atoms with E-state index in [1.165, 1.54) is 5.56 Å². The van der Waals surface area contributed by atoms with Crippen LogP contribution in [0.3, 0.4) is 0 Å². The maximum atomic E-state index is 13.1. The number of amides is 1. The summed E-state index contributed by atoms with van der Waals surface area (Å²) in [5.41, 5.74) is 4.13. The number of aromatic nitrogens is 2. The van der Waals surface area contributed by atoms with Gasteiger partial charge >= 0.3 is 0 Å². The number of anilines is 1. The molecule has 2 aromatic heterocycles. The number of pyridine rings is 1. The van der Waals surface area contributed by atoms with Crippen LogP contribution in [0.1, 0.15) is 23.2 Å². The molecule has 0 aliphatic rings. The Balaban J connectivity index is 1.61. The maximum Gasteiger partial charge on any atom is 0.229 e. The molecule has 4 nitrogen and oxygen atoms in total. The summed E-state index contributed by atoms with van der Waals surface area (Å²) in [6.45, 7) is 2.49. The fraction of sp³-hybridized carbons (Fsp3) is 0.174. The maximum absolute atomic E-state index is 13.1. The topological polar surface area (TPSA) is 46.1 Å². The average Bonchev–Trinajstić information content (AvgIpc) is 3.14. The minimum Gasteiger partial charge on any atom is -0.282 e. The van der Waals surface area contributed by atoms with Gasteiger partial charge in [0.2, 0.25) is 5.91 Å². The van der Waals surface area contributed by atoms with Gasteiger partial charge < -0.3 is 0 Å². The molecule has 0 aliphatic heterocycles. The Hall–Kier alpha value is -3.05. The number of rotatable bonds is 6. The Kier molecular flexibility index (Phi) is 5.44. The molecule has 0 N–H and O–H groups in total. The van der Waals surface area contributed by atoms with E-state index in [1.807, 2.05) is 48.5 Å². The summed E-state index contributed by atoms with van der Waals surface area (Å²) >= 11 is 1.55. The van der Waals surface area contributed by atoms with Crippen molar-refractivity contribution < 1.29 is 4.79 Å². The van der Waals surface area contributed by atoms with Crippen molar-refractivity contribution in [1.82, 2.24) is 9.97 Å². The summed E-state index contributed by atoms with van der Waals surface area (Å²) in [6.07, 6.45) is 2.90. The first-order chi connectivity index (χ1) is 13.7. The van der Waals surface area contributed by atoms with Crippen molar-refractivity contribution in [3.63, 3.8) is 0 Å². The summed E-state index contributed by atoms with van der Waals surface area (Å²) in [7, 11) is 0. The molecule has 4 aromatic rings. The summed E-state index contributed by atoms with van der Waals surface area (Å²) < 4.78 is 1.09. The Morgan fingerprint density at radius 2 is 1.86 bits per heavy atom. The van der Waals surface area contributed by atoms with E-state index in [4.69, 9.17) is 4.98 Å². The highest BCUT2D eigenvalue weighted by Gasteiger charge is 2.20. The number of hydrogen-bond acceptors (Lipinski definition) is 4. The summed E-state index contributed by atoms with van der Waals surface area (Å²) in [4.78, 5) is 24.0. The van der Waals surface area contributed by atoms with Crippen molar-refractivity contribution in [1.29, 1.82) is 0 Å². The van der Waals surface area contributed by atoms with Gasteiger partial charge in [-0.15, -0.1) is 0 Å². The second kappa shape index (κ2) is 8.31.